The van der Waals surface area contributed by atoms with Gasteiger partial charge < -0.3 is 5.73 Å². The molecule has 0 aliphatic heterocycles. The molecular weight excluding hydrogens is 274 g/mol. The molecule has 0 aliphatic carbocycles. The Morgan fingerprint density at radius 3 is 2.53 bits per heavy atom. The Morgan fingerprint density at radius 1 is 1.05 bits per heavy atom. The summed E-state index contributed by atoms with van der Waals surface area (Å²) in [4.78, 5) is 1.16. The molecule has 2 aromatic carbocycles. The van der Waals surface area contributed by atoms with E-state index in [1.807, 2.05) is 12.1 Å². The third kappa shape index (κ3) is 3.75. The van der Waals surface area contributed by atoms with Crippen molar-refractivity contribution in [2.24, 2.45) is 5.73 Å². The lowest BCUT2D eigenvalue weighted by Crippen LogP contribution is -2.04. The molecule has 2 aromatic rings. The zero-order chi connectivity index (χ0) is 13.7. The largest absolute Gasteiger partial charge is 0.330 e. The summed E-state index contributed by atoms with van der Waals surface area (Å²) < 4.78 is 0. The van der Waals surface area contributed by atoms with Crippen molar-refractivity contribution < 1.29 is 0 Å². The zero-order valence-electron chi connectivity index (χ0n) is 11.0. The van der Waals surface area contributed by atoms with E-state index in [0.29, 0.717) is 6.54 Å². The fourth-order valence-electron chi connectivity index (χ4n) is 1.99. The molecule has 0 atom stereocenters. The minimum Gasteiger partial charge on any atom is -0.330 e. The van der Waals surface area contributed by atoms with E-state index in [4.69, 9.17) is 17.3 Å². The van der Waals surface area contributed by atoms with E-state index in [0.717, 1.165) is 22.1 Å². The predicted molar refractivity (Wildman–Crippen MR) is 85.0 cm³/mol. The van der Waals surface area contributed by atoms with Crippen molar-refractivity contribution in [2.45, 2.75) is 24.0 Å². The fourth-order valence-corrected chi connectivity index (χ4v) is 3.53. The lowest BCUT2D eigenvalue weighted by Gasteiger charge is -2.11. The highest BCUT2D eigenvalue weighted by atomic mass is 35.5. The highest BCUT2D eigenvalue weighted by Gasteiger charge is 2.08. The van der Waals surface area contributed by atoms with Gasteiger partial charge in [-0.15, -0.1) is 11.8 Å². The Balaban J connectivity index is 2.17. The summed E-state index contributed by atoms with van der Waals surface area (Å²) in [6.45, 7) is 2.79. The Bertz CT molecular complexity index is 554. The maximum absolute atomic E-state index is 6.31. The fraction of sp³-hybridized carbons (Fsp3) is 0.250. The van der Waals surface area contributed by atoms with E-state index in [1.54, 1.807) is 11.8 Å². The summed E-state index contributed by atoms with van der Waals surface area (Å²) in [6, 6.07) is 14.5. The molecule has 0 radical (unpaired) electrons. The topological polar surface area (TPSA) is 26.0 Å². The first-order chi connectivity index (χ1) is 9.22. The van der Waals surface area contributed by atoms with Crippen LogP contribution in [0.5, 0.6) is 0 Å². The molecule has 0 saturated carbocycles. The van der Waals surface area contributed by atoms with Crippen molar-refractivity contribution in [3.63, 3.8) is 0 Å². The smallest absolute Gasteiger partial charge is 0.0544 e. The molecule has 2 N–H and O–H groups in total. The first kappa shape index (κ1) is 14.4. The number of benzene rings is 2. The Morgan fingerprint density at radius 2 is 1.79 bits per heavy atom. The maximum Gasteiger partial charge on any atom is 0.0544 e. The molecule has 19 heavy (non-hydrogen) atoms. The van der Waals surface area contributed by atoms with Crippen molar-refractivity contribution >= 4 is 23.4 Å². The number of rotatable bonds is 5. The molecule has 1 nitrogen and oxygen atoms in total. The van der Waals surface area contributed by atoms with E-state index < -0.39 is 0 Å². The van der Waals surface area contributed by atoms with Crippen LogP contribution in [0, 0.1) is 6.92 Å². The molecule has 0 amide bonds. The van der Waals surface area contributed by atoms with Gasteiger partial charge in [-0.1, -0.05) is 48.0 Å². The molecular formula is C16H18ClNS. The number of hydrogen-bond donors (Lipinski definition) is 1. The van der Waals surface area contributed by atoms with Crippen LogP contribution >= 0.6 is 23.4 Å². The van der Waals surface area contributed by atoms with Gasteiger partial charge in [-0.2, -0.15) is 0 Å². The van der Waals surface area contributed by atoms with Gasteiger partial charge in [0.05, 0.1) is 5.02 Å². The Labute approximate surface area is 124 Å². The standard InChI is InChI=1S/C16H18ClNS/c1-12-5-2-3-6-14(12)11-19-16-13(9-10-18)7-4-8-15(16)17/h2-8H,9-11,18H2,1H3. The van der Waals surface area contributed by atoms with E-state index in [-0.39, 0.29) is 0 Å². The highest BCUT2D eigenvalue weighted by molar-refractivity contribution is 7.98. The Hall–Kier alpha value is -0.960. The summed E-state index contributed by atoms with van der Waals surface area (Å²) in [5.74, 6) is 0.938. The van der Waals surface area contributed by atoms with Crippen molar-refractivity contribution in [1.82, 2.24) is 0 Å². The van der Waals surface area contributed by atoms with Crippen molar-refractivity contribution in [2.75, 3.05) is 6.54 Å². The van der Waals surface area contributed by atoms with Crippen LogP contribution in [0.2, 0.25) is 5.02 Å². The van der Waals surface area contributed by atoms with Crippen LogP contribution in [0.3, 0.4) is 0 Å². The average molecular weight is 292 g/mol. The second-order valence-corrected chi connectivity index (χ2v) is 5.87. The monoisotopic (exact) mass is 291 g/mol. The molecule has 0 aromatic heterocycles. The van der Waals surface area contributed by atoms with Crippen molar-refractivity contribution in [3.8, 4) is 0 Å². The predicted octanol–water partition coefficient (Wildman–Crippen LogP) is 4.44. The van der Waals surface area contributed by atoms with E-state index in [1.165, 1.54) is 16.7 Å². The van der Waals surface area contributed by atoms with Gasteiger partial charge in [-0.05, 0) is 42.6 Å². The summed E-state index contributed by atoms with van der Waals surface area (Å²) in [6.07, 6.45) is 0.872. The number of aryl methyl sites for hydroxylation is 1. The van der Waals surface area contributed by atoms with Gasteiger partial charge in [-0.25, -0.2) is 0 Å². The van der Waals surface area contributed by atoms with E-state index >= 15 is 0 Å². The van der Waals surface area contributed by atoms with Crippen LogP contribution in [-0.4, -0.2) is 6.54 Å². The second kappa shape index (κ2) is 6.99. The highest BCUT2D eigenvalue weighted by Crippen LogP contribution is 2.33. The lowest BCUT2D eigenvalue weighted by atomic mass is 10.1. The molecule has 2 rings (SSSR count). The first-order valence-electron chi connectivity index (χ1n) is 6.37. The van der Waals surface area contributed by atoms with Crippen LogP contribution in [0.1, 0.15) is 16.7 Å². The molecule has 0 fully saturated rings. The van der Waals surface area contributed by atoms with Gasteiger partial charge >= 0.3 is 0 Å². The molecule has 0 bridgehead atoms. The van der Waals surface area contributed by atoms with Gasteiger partial charge in [0.25, 0.3) is 0 Å². The lowest BCUT2D eigenvalue weighted by molar-refractivity contribution is 0.944. The molecule has 3 heteroatoms. The molecule has 0 heterocycles. The number of hydrogen-bond acceptors (Lipinski definition) is 2. The molecule has 100 valence electrons. The molecule has 0 aliphatic rings. The quantitative estimate of drug-likeness (QED) is 0.824. The molecule has 0 unspecified atom stereocenters. The van der Waals surface area contributed by atoms with Gasteiger partial charge in [0, 0.05) is 10.6 Å². The van der Waals surface area contributed by atoms with Gasteiger partial charge in [0.15, 0.2) is 0 Å². The summed E-state index contributed by atoms with van der Waals surface area (Å²) in [5.41, 5.74) is 9.58. The van der Waals surface area contributed by atoms with Gasteiger partial charge in [0.2, 0.25) is 0 Å². The van der Waals surface area contributed by atoms with Crippen LogP contribution < -0.4 is 5.73 Å². The van der Waals surface area contributed by atoms with Gasteiger partial charge in [0.1, 0.15) is 0 Å². The minimum atomic E-state index is 0.651. The molecule has 0 spiro atoms. The van der Waals surface area contributed by atoms with Crippen LogP contribution in [0.25, 0.3) is 0 Å². The van der Waals surface area contributed by atoms with Crippen LogP contribution in [0.15, 0.2) is 47.4 Å². The third-order valence-corrected chi connectivity index (χ3v) is 4.75. The zero-order valence-corrected chi connectivity index (χ0v) is 12.6. The van der Waals surface area contributed by atoms with Crippen LogP contribution in [-0.2, 0) is 12.2 Å². The average Bonchev–Trinajstić information content (AvgIpc) is 2.40. The van der Waals surface area contributed by atoms with Crippen LogP contribution in [0.4, 0.5) is 0 Å². The number of nitrogens with two attached hydrogens (primary N) is 1. The van der Waals surface area contributed by atoms with Crippen molar-refractivity contribution in [3.05, 3.63) is 64.2 Å². The van der Waals surface area contributed by atoms with E-state index in [2.05, 4.69) is 37.3 Å². The SMILES string of the molecule is Cc1ccccc1CSc1c(Cl)cccc1CCN. The summed E-state index contributed by atoms with van der Waals surface area (Å²) in [5, 5.41) is 0.824. The van der Waals surface area contributed by atoms with Crippen molar-refractivity contribution in [1.29, 1.82) is 0 Å². The normalized spacial score (nSPS) is 10.7. The second-order valence-electron chi connectivity index (χ2n) is 4.48. The number of halogens is 1. The minimum absolute atomic E-state index is 0.651. The van der Waals surface area contributed by atoms with E-state index in [9.17, 15) is 0 Å². The number of thioether (sulfide) groups is 1. The summed E-state index contributed by atoms with van der Waals surface area (Å²) >= 11 is 8.10. The Kier molecular flexibility index (Phi) is 5.32. The molecule has 0 saturated heterocycles. The maximum atomic E-state index is 6.31. The first-order valence-corrected chi connectivity index (χ1v) is 7.73. The van der Waals surface area contributed by atoms with Gasteiger partial charge in [-0.3, -0.25) is 0 Å². The third-order valence-electron chi connectivity index (χ3n) is 3.10. The summed E-state index contributed by atoms with van der Waals surface area (Å²) in [7, 11) is 0.